The number of hydrogen-bond acceptors (Lipinski definition) is 3. The van der Waals surface area contributed by atoms with E-state index < -0.39 is 0 Å². The number of aromatic nitrogens is 2. The zero-order valence-corrected chi connectivity index (χ0v) is 10.8. The van der Waals surface area contributed by atoms with Crippen molar-refractivity contribution in [3.8, 4) is 0 Å². The van der Waals surface area contributed by atoms with Crippen LogP contribution in [0.2, 0.25) is 0 Å². The third-order valence-corrected chi connectivity index (χ3v) is 3.30. The van der Waals surface area contributed by atoms with Gasteiger partial charge in [-0.3, -0.25) is 4.79 Å². The summed E-state index contributed by atoms with van der Waals surface area (Å²) in [6.45, 7) is 0.746. The fraction of sp³-hybridized carbons (Fsp3) is 0.286. The minimum atomic E-state index is -0.119. The predicted octanol–water partition coefficient (Wildman–Crippen LogP) is 1.19. The van der Waals surface area contributed by atoms with E-state index in [1.807, 2.05) is 19.2 Å². The van der Waals surface area contributed by atoms with Gasteiger partial charge in [0, 0.05) is 25.5 Å². The van der Waals surface area contributed by atoms with Crippen molar-refractivity contribution in [2.24, 2.45) is 7.05 Å². The third-order valence-electron chi connectivity index (χ3n) is 3.30. The van der Waals surface area contributed by atoms with Crippen LogP contribution in [0.3, 0.4) is 0 Å². The van der Waals surface area contributed by atoms with Crippen molar-refractivity contribution in [3.05, 3.63) is 48.0 Å². The van der Waals surface area contributed by atoms with Crippen molar-refractivity contribution in [2.45, 2.75) is 12.5 Å². The van der Waals surface area contributed by atoms with Crippen LogP contribution in [0, 0.1) is 0 Å². The van der Waals surface area contributed by atoms with E-state index in [0.29, 0.717) is 5.69 Å². The first-order valence-corrected chi connectivity index (χ1v) is 6.33. The number of carbonyl (C=O) groups excluding carboxylic acids is 1. The zero-order valence-electron chi connectivity index (χ0n) is 10.8. The minimum absolute atomic E-state index is 0.101. The molecule has 1 atom stereocenters. The molecule has 5 nitrogen and oxygen atoms in total. The van der Waals surface area contributed by atoms with E-state index in [-0.39, 0.29) is 11.9 Å². The van der Waals surface area contributed by atoms with Gasteiger partial charge in [-0.2, -0.15) is 0 Å². The molecule has 2 aromatic rings. The van der Waals surface area contributed by atoms with Crippen LogP contribution in [-0.4, -0.2) is 28.0 Å². The number of hydrogen-bond donors (Lipinski definition) is 2. The van der Waals surface area contributed by atoms with Crippen molar-refractivity contribution in [1.29, 1.82) is 0 Å². The number of nitrogens with zero attached hydrogens (tertiary/aromatic N) is 2. The largest absolute Gasteiger partial charge is 0.383 e. The topological polar surface area (TPSA) is 59.0 Å². The third kappa shape index (κ3) is 2.45. The van der Waals surface area contributed by atoms with Gasteiger partial charge in [0.1, 0.15) is 5.69 Å². The summed E-state index contributed by atoms with van der Waals surface area (Å²) in [7, 11) is 1.85. The summed E-state index contributed by atoms with van der Waals surface area (Å²) < 4.78 is 1.77. The van der Waals surface area contributed by atoms with E-state index in [0.717, 1.165) is 18.7 Å². The van der Waals surface area contributed by atoms with Gasteiger partial charge < -0.3 is 15.2 Å². The smallest absolute Gasteiger partial charge is 0.271 e. The molecule has 0 radical (unpaired) electrons. The number of aryl methyl sites for hydroxylation is 1. The molecule has 0 aliphatic carbocycles. The molecule has 2 heterocycles. The second-order valence-electron chi connectivity index (χ2n) is 4.84. The Balaban J connectivity index is 1.68. The molecule has 1 aromatic heterocycles. The maximum atomic E-state index is 12.0. The van der Waals surface area contributed by atoms with Gasteiger partial charge in [-0.15, -0.1) is 0 Å². The number of para-hydroxylation sites is 1. The molecule has 1 amide bonds. The number of nitrogens with one attached hydrogen (secondary N) is 2. The number of fused-ring (bicyclic) bond motifs is 1. The number of anilines is 1. The van der Waals surface area contributed by atoms with Crippen LogP contribution in [0.1, 0.15) is 16.1 Å². The summed E-state index contributed by atoms with van der Waals surface area (Å²) in [5, 5.41) is 6.35. The van der Waals surface area contributed by atoms with E-state index in [1.54, 1.807) is 17.1 Å². The number of amides is 1. The van der Waals surface area contributed by atoms with Crippen molar-refractivity contribution < 1.29 is 4.79 Å². The summed E-state index contributed by atoms with van der Waals surface area (Å²) in [6.07, 6.45) is 4.20. The van der Waals surface area contributed by atoms with E-state index in [1.165, 1.54) is 5.56 Å². The highest BCUT2D eigenvalue weighted by Gasteiger charge is 2.20. The van der Waals surface area contributed by atoms with E-state index in [4.69, 9.17) is 0 Å². The number of imidazole rings is 1. The molecule has 1 aromatic carbocycles. The maximum absolute atomic E-state index is 12.0. The molecule has 1 aliphatic rings. The van der Waals surface area contributed by atoms with Gasteiger partial charge >= 0.3 is 0 Å². The summed E-state index contributed by atoms with van der Waals surface area (Å²) in [6, 6.07) is 8.28. The van der Waals surface area contributed by atoms with Gasteiger partial charge in [-0.25, -0.2) is 4.98 Å². The summed E-state index contributed by atoms with van der Waals surface area (Å²) >= 11 is 0. The van der Waals surface area contributed by atoms with Gasteiger partial charge in [0.05, 0.1) is 12.4 Å². The molecule has 2 N–H and O–H groups in total. The van der Waals surface area contributed by atoms with Crippen LogP contribution >= 0.6 is 0 Å². The van der Waals surface area contributed by atoms with Crippen LogP contribution in [0.5, 0.6) is 0 Å². The Morgan fingerprint density at radius 2 is 2.32 bits per heavy atom. The summed E-state index contributed by atoms with van der Waals surface area (Å²) in [5.74, 6) is -0.119. The predicted molar refractivity (Wildman–Crippen MR) is 73.1 cm³/mol. The first-order valence-electron chi connectivity index (χ1n) is 6.33. The summed E-state index contributed by atoms with van der Waals surface area (Å²) in [4.78, 5) is 16.1. The average molecular weight is 256 g/mol. The van der Waals surface area contributed by atoms with Gasteiger partial charge in [-0.05, 0) is 18.1 Å². The highest BCUT2D eigenvalue weighted by Crippen LogP contribution is 2.21. The Kier molecular flexibility index (Phi) is 2.95. The van der Waals surface area contributed by atoms with Crippen molar-refractivity contribution in [1.82, 2.24) is 14.9 Å². The Bertz CT molecular complexity index is 605. The lowest BCUT2D eigenvalue weighted by Gasteiger charge is -2.26. The molecule has 0 spiro atoms. The van der Waals surface area contributed by atoms with E-state index in [2.05, 4.69) is 27.8 Å². The van der Waals surface area contributed by atoms with Crippen LogP contribution in [0.15, 0.2) is 36.8 Å². The quantitative estimate of drug-likeness (QED) is 0.848. The van der Waals surface area contributed by atoms with Crippen molar-refractivity contribution >= 4 is 11.6 Å². The Morgan fingerprint density at radius 3 is 3.11 bits per heavy atom. The molecule has 19 heavy (non-hydrogen) atoms. The molecule has 0 saturated heterocycles. The molecule has 0 saturated carbocycles. The van der Waals surface area contributed by atoms with Crippen LogP contribution < -0.4 is 10.6 Å². The lowest BCUT2D eigenvalue weighted by atomic mass is 10.00. The van der Waals surface area contributed by atoms with Crippen LogP contribution in [-0.2, 0) is 13.5 Å². The molecular weight excluding hydrogens is 240 g/mol. The Hall–Kier alpha value is -2.30. The SMILES string of the molecule is Cn1cnc(C(=O)NC2CNc3ccccc3C2)c1. The van der Waals surface area contributed by atoms with Gasteiger partial charge in [0.25, 0.3) is 5.91 Å². The highest BCUT2D eigenvalue weighted by atomic mass is 16.2. The van der Waals surface area contributed by atoms with Crippen molar-refractivity contribution in [2.75, 3.05) is 11.9 Å². The molecule has 5 heteroatoms. The molecule has 1 unspecified atom stereocenters. The van der Waals surface area contributed by atoms with E-state index in [9.17, 15) is 4.79 Å². The molecule has 1 aliphatic heterocycles. The standard InChI is InChI=1S/C14H16N4O/c1-18-8-13(16-9-18)14(19)17-11-6-10-4-2-3-5-12(10)15-7-11/h2-5,8-9,11,15H,6-7H2,1H3,(H,17,19). The van der Waals surface area contributed by atoms with Gasteiger partial charge in [0.15, 0.2) is 0 Å². The minimum Gasteiger partial charge on any atom is -0.383 e. The monoisotopic (exact) mass is 256 g/mol. The fourth-order valence-corrected chi connectivity index (χ4v) is 2.33. The van der Waals surface area contributed by atoms with Crippen LogP contribution in [0.25, 0.3) is 0 Å². The fourth-order valence-electron chi connectivity index (χ4n) is 2.33. The van der Waals surface area contributed by atoms with Crippen LogP contribution in [0.4, 0.5) is 5.69 Å². The average Bonchev–Trinajstić information content (AvgIpc) is 2.85. The Labute approximate surface area is 111 Å². The first kappa shape index (κ1) is 11.8. The molecular formula is C14H16N4O. The highest BCUT2D eigenvalue weighted by molar-refractivity contribution is 5.92. The second kappa shape index (κ2) is 4.76. The second-order valence-corrected chi connectivity index (χ2v) is 4.84. The maximum Gasteiger partial charge on any atom is 0.271 e. The lowest BCUT2D eigenvalue weighted by Crippen LogP contribution is -2.43. The number of benzene rings is 1. The lowest BCUT2D eigenvalue weighted by molar-refractivity contribution is 0.0933. The molecule has 0 fully saturated rings. The first-order chi connectivity index (χ1) is 9.22. The zero-order chi connectivity index (χ0) is 13.2. The van der Waals surface area contributed by atoms with Gasteiger partial charge in [0.2, 0.25) is 0 Å². The van der Waals surface area contributed by atoms with Gasteiger partial charge in [-0.1, -0.05) is 18.2 Å². The molecule has 0 bridgehead atoms. The van der Waals surface area contributed by atoms with Crippen molar-refractivity contribution in [3.63, 3.8) is 0 Å². The normalized spacial score (nSPS) is 17.4. The number of carbonyl (C=O) groups is 1. The van der Waals surface area contributed by atoms with E-state index >= 15 is 0 Å². The molecule has 3 rings (SSSR count). The molecule has 98 valence electrons. The Morgan fingerprint density at radius 1 is 1.47 bits per heavy atom. The summed E-state index contributed by atoms with van der Waals surface area (Å²) in [5.41, 5.74) is 2.85. The number of rotatable bonds is 2.